The first-order valence-corrected chi connectivity index (χ1v) is 11.0. The number of fused-ring (bicyclic) bond motifs is 1. The van der Waals surface area contributed by atoms with Crippen LogP contribution in [0.5, 0.6) is 5.88 Å². The van der Waals surface area contributed by atoms with Crippen LogP contribution in [0.25, 0.3) is 11.3 Å². The molecule has 2 N–H and O–H groups in total. The number of aryl methyl sites for hydroxylation is 1. The second-order valence-electron chi connectivity index (χ2n) is 8.48. The van der Waals surface area contributed by atoms with E-state index in [4.69, 9.17) is 16.3 Å². The largest absolute Gasteiger partial charge is 0.480 e. The molecule has 2 amide bonds. The maximum atomic E-state index is 13.5. The third-order valence-corrected chi connectivity index (χ3v) is 6.11. The monoisotopic (exact) mass is 479 g/mol. The van der Waals surface area contributed by atoms with E-state index in [-0.39, 0.29) is 34.5 Å². The number of anilines is 1. The molecule has 174 valence electrons. The molecule has 5 rings (SSSR count). The summed E-state index contributed by atoms with van der Waals surface area (Å²) in [4.78, 5) is 31.0. The molecule has 0 bridgehead atoms. The number of nitrogens with one attached hydrogen (secondary N) is 2. The highest BCUT2D eigenvalue weighted by atomic mass is 35.5. The number of rotatable bonds is 6. The van der Waals surface area contributed by atoms with Gasteiger partial charge in [0, 0.05) is 17.8 Å². The number of carbonyl (C=O) groups excluding carboxylic acids is 2. The van der Waals surface area contributed by atoms with Crippen LogP contribution in [0, 0.1) is 6.92 Å². The molecular weight excluding hydrogens is 458 g/mol. The maximum Gasteiger partial charge on any atom is 0.274 e. The third-order valence-electron chi connectivity index (χ3n) is 5.82. The summed E-state index contributed by atoms with van der Waals surface area (Å²) in [6.07, 6.45) is 4.96. The molecule has 0 radical (unpaired) electrons. The van der Waals surface area contributed by atoms with Gasteiger partial charge in [0.2, 0.25) is 5.88 Å². The van der Waals surface area contributed by atoms with E-state index in [1.165, 1.54) is 22.4 Å². The van der Waals surface area contributed by atoms with Gasteiger partial charge in [-0.2, -0.15) is 5.10 Å². The van der Waals surface area contributed by atoms with Gasteiger partial charge in [0.1, 0.15) is 5.69 Å². The van der Waals surface area contributed by atoms with E-state index in [1.807, 2.05) is 19.9 Å². The summed E-state index contributed by atoms with van der Waals surface area (Å²) in [7, 11) is 1.45. The average molecular weight is 480 g/mol. The number of methoxy groups -OCH3 is 1. The van der Waals surface area contributed by atoms with Crippen molar-refractivity contribution < 1.29 is 14.3 Å². The molecule has 1 saturated carbocycles. The number of hydrogen-bond donors (Lipinski definition) is 2. The first-order valence-electron chi connectivity index (χ1n) is 10.7. The van der Waals surface area contributed by atoms with Gasteiger partial charge in [-0.3, -0.25) is 9.59 Å². The molecule has 0 atom stereocenters. The molecule has 34 heavy (non-hydrogen) atoms. The van der Waals surface area contributed by atoms with Gasteiger partial charge in [-0.25, -0.2) is 14.2 Å². The van der Waals surface area contributed by atoms with Crippen molar-refractivity contribution in [3.8, 4) is 11.7 Å². The highest BCUT2D eigenvalue weighted by Crippen LogP contribution is 2.35. The van der Waals surface area contributed by atoms with Crippen LogP contribution in [-0.4, -0.2) is 48.8 Å². The number of ether oxygens (including phenoxy) is 1. The summed E-state index contributed by atoms with van der Waals surface area (Å²) in [5.41, 5.74) is 1.94. The van der Waals surface area contributed by atoms with Crippen LogP contribution in [-0.2, 0) is 0 Å². The Morgan fingerprint density at radius 3 is 2.68 bits per heavy atom. The van der Waals surface area contributed by atoms with E-state index in [1.54, 1.807) is 30.6 Å². The first kappa shape index (κ1) is 21.9. The summed E-state index contributed by atoms with van der Waals surface area (Å²) in [6, 6.07) is 8.46. The van der Waals surface area contributed by atoms with Gasteiger partial charge in [0.15, 0.2) is 11.5 Å². The molecule has 4 aromatic heterocycles. The second kappa shape index (κ2) is 8.14. The lowest BCUT2D eigenvalue weighted by molar-refractivity contribution is 0.0929. The molecule has 1 aliphatic rings. The van der Waals surface area contributed by atoms with E-state index >= 15 is 0 Å². The summed E-state index contributed by atoms with van der Waals surface area (Å²) in [5.74, 6) is -0.340. The van der Waals surface area contributed by atoms with Crippen molar-refractivity contribution in [3.05, 3.63) is 64.7 Å². The van der Waals surface area contributed by atoms with Crippen molar-refractivity contribution >= 4 is 34.6 Å². The van der Waals surface area contributed by atoms with Gasteiger partial charge in [0.05, 0.1) is 29.5 Å². The normalized spacial score (nSPS) is 14.1. The summed E-state index contributed by atoms with van der Waals surface area (Å²) in [5, 5.41) is 14.8. The lowest BCUT2D eigenvalue weighted by atomic mass is 10.1. The Morgan fingerprint density at radius 1 is 1.18 bits per heavy atom. The Bertz CT molecular complexity index is 1440. The minimum atomic E-state index is -0.515. The molecule has 1 aliphatic carbocycles. The number of hydrogen-bond acceptors (Lipinski definition) is 6. The van der Waals surface area contributed by atoms with Gasteiger partial charge < -0.3 is 15.4 Å². The first-order chi connectivity index (χ1) is 16.3. The van der Waals surface area contributed by atoms with Gasteiger partial charge in [0.25, 0.3) is 11.8 Å². The Labute approximate surface area is 199 Å². The molecule has 0 unspecified atom stereocenters. The summed E-state index contributed by atoms with van der Waals surface area (Å²) < 4.78 is 8.06. The van der Waals surface area contributed by atoms with E-state index in [0.717, 1.165) is 18.4 Å². The van der Waals surface area contributed by atoms with Crippen molar-refractivity contribution in [3.63, 3.8) is 0 Å². The summed E-state index contributed by atoms with van der Waals surface area (Å²) >= 11 is 6.30. The van der Waals surface area contributed by atoms with Gasteiger partial charge in [-0.05, 0) is 56.5 Å². The van der Waals surface area contributed by atoms with Crippen LogP contribution in [0.3, 0.4) is 0 Å². The molecule has 0 spiro atoms. The highest BCUT2D eigenvalue weighted by molar-refractivity contribution is 6.32. The van der Waals surface area contributed by atoms with E-state index < -0.39 is 5.91 Å². The molecule has 10 nitrogen and oxygen atoms in total. The molecule has 0 saturated heterocycles. The smallest absolute Gasteiger partial charge is 0.274 e. The predicted octanol–water partition coefficient (Wildman–Crippen LogP) is 3.42. The zero-order valence-corrected chi connectivity index (χ0v) is 19.6. The lowest BCUT2D eigenvalue weighted by Gasteiger charge is -2.18. The molecule has 0 aromatic carbocycles. The number of amides is 2. The van der Waals surface area contributed by atoms with Crippen LogP contribution in [0.2, 0.25) is 5.02 Å². The van der Waals surface area contributed by atoms with E-state index in [0.29, 0.717) is 16.3 Å². The Balaban J connectivity index is 1.58. The van der Waals surface area contributed by atoms with Crippen LogP contribution in [0.1, 0.15) is 46.3 Å². The van der Waals surface area contributed by atoms with Crippen molar-refractivity contribution in [1.82, 2.24) is 29.7 Å². The van der Waals surface area contributed by atoms with Crippen LogP contribution in [0.4, 0.5) is 5.69 Å². The number of nitrogens with zero attached hydrogens (tertiary/aromatic N) is 5. The van der Waals surface area contributed by atoms with Crippen molar-refractivity contribution in [1.29, 1.82) is 0 Å². The van der Waals surface area contributed by atoms with E-state index in [2.05, 4.69) is 25.8 Å². The van der Waals surface area contributed by atoms with Gasteiger partial charge in [-0.15, -0.1) is 5.10 Å². The molecule has 1 fully saturated rings. The fraction of sp³-hybridized carbons (Fsp3) is 0.261. The van der Waals surface area contributed by atoms with Gasteiger partial charge >= 0.3 is 0 Å². The molecule has 11 heteroatoms. The van der Waals surface area contributed by atoms with Crippen LogP contribution >= 0.6 is 11.6 Å². The Hall–Kier alpha value is -3.92. The van der Waals surface area contributed by atoms with E-state index in [9.17, 15) is 9.59 Å². The number of aromatic nitrogens is 5. The van der Waals surface area contributed by atoms with Crippen molar-refractivity contribution in [2.24, 2.45) is 0 Å². The highest BCUT2D eigenvalue weighted by Gasteiger charge is 2.40. The van der Waals surface area contributed by atoms with Crippen molar-refractivity contribution in [2.75, 3.05) is 12.4 Å². The summed E-state index contributed by atoms with van der Waals surface area (Å²) in [6.45, 7) is 3.81. The zero-order chi connectivity index (χ0) is 24.0. The zero-order valence-electron chi connectivity index (χ0n) is 18.8. The lowest BCUT2D eigenvalue weighted by Crippen LogP contribution is -2.36. The van der Waals surface area contributed by atoms with Crippen molar-refractivity contribution in [2.45, 2.75) is 32.2 Å². The fourth-order valence-electron chi connectivity index (χ4n) is 3.70. The quantitative estimate of drug-likeness (QED) is 0.438. The minimum absolute atomic E-state index is 0.137. The molecule has 0 aliphatic heterocycles. The van der Waals surface area contributed by atoms with Gasteiger partial charge in [-0.1, -0.05) is 11.6 Å². The molecule has 4 heterocycles. The number of pyridine rings is 2. The van der Waals surface area contributed by atoms with Crippen LogP contribution < -0.4 is 15.4 Å². The number of carbonyl (C=O) groups is 2. The predicted molar refractivity (Wildman–Crippen MR) is 126 cm³/mol. The second-order valence-corrected chi connectivity index (χ2v) is 8.89. The third kappa shape index (κ3) is 3.86. The maximum absolute atomic E-state index is 13.5. The molecular formula is C23H22ClN7O3. The Morgan fingerprint density at radius 2 is 1.97 bits per heavy atom. The average Bonchev–Trinajstić information content (AvgIpc) is 3.19. The fourth-order valence-corrected chi connectivity index (χ4v) is 3.90. The molecule has 4 aromatic rings. The minimum Gasteiger partial charge on any atom is -0.480 e. The SMILES string of the molecule is COc1cc(C(=O)Nc2c(C)cc3ccnn3c2C(=O)NC2(C)CC2)n(-c2ncccc2Cl)n1. The van der Waals surface area contributed by atoms with Crippen LogP contribution in [0.15, 0.2) is 42.7 Å². The topological polar surface area (TPSA) is 115 Å². The number of halogens is 1. The Kier molecular flexibility index (Phi) is 5.24. The standard InChI is InChI=1S/C23H22ClN7O3/c1-13-11-14-6-10-26-30(14)19(22(33)28-23(2)7-8-23)18(13)27-21(32)16-12-17(34-3)29-31(16)20-15(24)5-4-9-25-20/h4-6,9-12H,7-8H2,1-3H3,(H,27,32)(H,28,33).